The van der Waals surface area contributed by atoms with Crippen LogP contribution in [0.25, 0.3) is 0 Å². The molecule has 1 fully saturated rings. The number of hydrogen-bond acceptors (Lipinski definition) is 6. The van der Waals surface area contributed by atoms with E-state index in [1.54, 1.807) is 6.20 Å². The van der Waals surface area contributed by atoms with Crippen molar-refractivity contribution in [2.45, 2.75) is 135 Å². The fraction of sp³-hybridized carbons (Fsp3) is 0.774. The van der Waals surface area contributed by atoms with E-state index in [1.165, 1.54) is 89.9 Å². The Hall–Kier alpha value is -2.35. The topological polar surface area (TPSA) is 98.8 Å². The summed E-state index contributed by atoms with van der Waals surface area (Å²) in [7, 11) is 0. The maximum atomic E-state index is 11.9. The number of carbonyl (C=O) groups excluding carboxylic acids is 2. The summed E-state index contributed by atoms with van der Waals surface area (Å²) in [6.07, 6.45) is 22.5. The lowest BCUT2D eigenvalue weighted by molar-refractivity contribution is -0.158. The first-order valence-electron chi connectivity index (χ1n) is 15.5. The summed E-state index contributed by atoms with van der Waals surface area (Å²) < 4.78 is 16.0. The highest BCUT2D eigenvalue weighted by molar-refractivity contribution is 5.67. The molecule has 8 heteroatoms. The molecule has 2 rings (SSSR count). The lowest BCUT2D eigenvalue weighted by Gasteiger charge is -2.34. The number of carbonyl (C=O) groups is 2. The van der Waals surface area contributed by atoms with Gasteiger partial charge in [-0.15, -0.1) is 0 Å². The van der Waals surface area contributed by atoms with E-state index < -0.39 is 12.2 Å². The highest BCUT2D eigenvalue weighted by Crippen LogP contribution is 2.21. The quantitative estimate of drug-likeness (QED) is 0.138. The number of rotatable bonds is 23. The zero-order chi connectivity index (χ0) is 27.8. The molecular weight excluding hydrogens is 494 g/mol. The molecule has 1 aromatic rings. The number of alkyl carbamates (subject to hydrolysis) is 2. The first kappa shape index (κ1) is 32.9. The van der Waals surface area contributed by atoms with Crippen LogP contribution in [-0.4, -0.2) is 49.1 Å². The Morgan fingerprint density at radius 2 is 1.26 bits per heavy atom. The molecule has 0 spiro atoms. The van der Waals surface area contributed by atoms with Gasteiger partial charge in [-0.25, -0.2) is 9.59 Å². The van der Waals surface area contributed by atoms with Gasteiger partial charge < -0.3 is 24.8 Å². The molecule has 0 radical (unpaired) electrons. The van der Waals surface area contributed by atoms with Gasteiger partial charge in [-0.3, -0.25) is 4.98 Å². The van der Waals surface area contributed by atoms with Crippen LogP contribution in [-0.2, 0) is 20.8 Å². The first-order chi connectivity index (χ1) is 19.2. The highest BCUT2D eigenvalue weighted by Gasteiger charge is 2.32. The normalized spacial score (nSPS) is 16.3. The van der Waals surface area contributed by atoms with E-state index in [1.807, 2.05) is 18.2 Å². The van der Waals surface area contributed by atoms with Crippen molar-refractivity contribution in [3.05, 3.63) is 30.1 Å². The van der Waals surface area contributed by atoms with Crippen molar-refractivity contribution in [1.29, 1.82) is 0 Å². The summed E-state index contributed by atoms with van der Waals surface area (Å²) in [6, 6.07) is 5.51. The molecule has 1 aliphatic rings. The number of pyridine rings is 1. The van der Waals surface area contributed by atoms with Gasteiger partial charge in [-0.2, -0.15) is 0 Å². The van der Waals surface area contributed by atoms with Crippen LogP contribution in [0, 0.1) is 0 Å². The molecular formula is C31H53N3O5. The van der Waals surface area contributed by atoms with E-state index in [0.29, 0.717) is 19.5 Å². The lowest BCUT2D eigenvalue weighted by Crippen LogP contribution is -2.45. The molecule has 1 aromatic heterocycles. The molecule has 2 N–H and O–H groups in total. The predicted molar refractivity (Wildman–Crippen MR) is 155 cm³/mol. The standard InChI is InChI=1S/C31H53N3O5/c1-2-3-4-5-6-7-8-9-10-11-12-13-14-15-16-18-22-33-30(35)37-25-28-23-29(39-28)26-38-31(36)34-24-27-20-17-19-21-32-27/h17,19-21,28-29H,2-16,18,22-26H2,1H3,(H,33,35)(H,34,36)/t28-,29+/m1/s1. The summed E-state index contributed by atoms with van der Waals surface area (Å²) in [6.45, 7) is 3.63. The summed E-state index contributed by atoms with van der Waals surface area (Å²) in [5, 5.41) is 5.47. The van der Waals surface area contributed by atoms with Gasteiger partial charge in [0, 0.05) is 19.2 Å². The number of nitrogens with zero attached hydrogens (tertiary/aromatic N) is 1. The van der Waals surface area contributed by atoms with Crippen LogP contribution < -0.4 is 10.6 Å². The lowest BCUT2D eigenvalue weighted by atomic mass is 10.0. The number of unbranched alkanes of at least 4 members (excludes halogenated alkanes) is 15. The van der Waals surface area contributed by atoms with Gasteiger partial charge in [0.15, 0.2) is 0 Å². The van der Waals surface area contributed by atoms with E-state index in [2.05, 4.69) is 22.5 Å². The Morgan fingerprint density at radius 1 is 0.769 bits per heavy atom. The summed E-state index contributed by atoms with van der Waals surface area (Å²) in [5.74, 6) is 0. The number of hydrogen-bond donors (Lipinski definition) is 2. The van der Waals surface area contributed by atoms with Crippen LogP contribution in [0.2, 0.25) is 0 Å². The molecule has 1 saturated heterocycles. The number of nitrogens with one attached hydrogen (secondary N) is 2. The average Bonchev–Trinajstić information content (AvgIpc) is 2.93. The minimum absolute atomic E-state index is 0.142. The maximum absolute atomic E-state index is 11.9. The fourth-order valence-electron chi connectivity index (χ4n) is 4.74. The van der Waals surface area contributed by atoms with Gasteiger partial charge in [-0.1, -0.05) is 109 Å². The smallest absolute Gasteiger partial charge is 0.407 e. The molecule has 8 nitrogen and oxygen atoms in total. The Kier molecular flexibility index (Phi) is 18.9. The largest absolute Gasteiger partial charge is 0.447 e. The van der Waals surface area contributed by atoms with E-state index in [4.69, 9.17) is 14.2 Å². The second kappa shape index (κ2) is 22.5. The van der Waals surface area contributed by atoms with Crippen molar-refractivity contribution in [1.82, 2.24) is 15.6 Å². The number of aromatic nitrogens is 1. The van der Waals surface area contributed by atoms with Crippen LogP contribution >= 0.6 is 0 Å². The molecule has 2 atom stereocenters. The Morgan fingerprint density at radius 3 is 1.74 bits per heavy atom. The third-order valence-corrected chi connectivity index (χ3v) is 7.15. The minimum Gasteiger partial charge on any atom is -0.447 e. The average molecular weight is 548 g/mol. The fourth-order valence-corrected chi connectivity index (χ4v) is 4.74. The van der Waals surface area contributed by atoms with Crippen LogP contribution in [0.4, 0.5) is 9.59 Å². The van der Waals surface area contributed by atoms with Gasteiger partial charge in [-0.05, 0) is 18.6 Å². The van der Waals surface area contributed by atoms with Crippen molar-refractivity contribution in [2.75, 3.05) is 19.8 Å². The van der Waals surface area contributed by atoms with Crippen LogP contribution in [0.5, 0.6) is 0 Å². The molecule has 0 aliphatic carbocycles. The molecule has 39 heavy (non-hydrogen) atoms. The van der Waals surface area contributed by atoms with Crippen molar-refractivity contribution in [2.24, 2.45) is 0 Å². The van der Waals surface area contributed by atoms with Gasteiger partial charge in [0.05, 0.1) is 24.4 Å². The second-order valence-electron chi connectivity index (χ2n) is 10.7. The van der Waals surface area contributed by atoms with Gasteiger partial charge in [0.1, 0.15) is 13.2 Å². The first-order valence-corrected chi connectivity index (χ1v) is 15.5. The van der Waals surface area contributed by atoms with Crippen molar-refractivity contribution in [3.8, 4) is 0 Å². The molecule has 2 amide bonds. The predicted octanol–water partition coefficient (Wildman–Crippen LogP) is 7.45. The summed E-state index contributed by atoms with van der Waals surface area (Å²) in [4.78, 5) is 27.8. The van der Waals surface area contributed by atoms with Gasteiger partial charge in [0.25, 0.3) is 0 Å². The van der Waals surface area contributed by atoms with Crippen molar-refractivity contribution >= 4 is 12.2 Å². The second-order valence-corrected chi connectivity index (χ2v) is 10.7. The number of ether oxygens (including phenoxy) is 3. The Balaban J connectivity index is 1.28. The van der Waals surface area contributed by atoms with Crippen LogP contribution in [0.15, 0.2) is 24.4 Å². The van der Waals surface area contributed by atoms with Gasteiger partial charge >= 0.3 is 12.2 Å². The van der Waals surface area contributed by atoms with E-state index in [-0.39, 0.29) is 25.4 Å². The van der Waals surface area contributed by atoms with E-state index >= 15 is 0 Å². The van der Waals surface area contributed by atoms with Crippen LogP contribution in [0.3, 0.4) is 0 Å². The monoisotopic (exact) mass is 547 g/mol. The third-order valence-electron chi connectivity index (χ3n) is 7.15. The molecule has 0 aromatic carbocycles. The van der Waals surface area contributed by atoms with E-state index in [0.717, 1.165) is 18.5 Å². The summed E-state index contributed by atoms with van der Waals surface area (Å²) >= 11 is 0. The maximum Gasteiger partial charge on any atom is 0.407 e. The molecule has 0 saturated carbocycles. The molecule has 1 aliphatic heterocycles. The number of amides is 2. The summed E-state index contributed by atoms with van der Waals surface area (Å²) in [5.41, 5.74) is 0.764. The Labute approximate surface area is 236 Å². The zero-order valence-electron chi connectivity index (χ0n) is 24.3. The third kappa shape index (κ3) is 17.8. The van der Waals surface area contributed by atoms with Gasteiger partial charge in [0.2, 0.25) is 0 Å². The molecule has 2 heterocycles. The Bertz CT molecular complexity index is 743. The molecule has 0 bridgehead atoms. The highest BCUT2D eigenvalue weighted by atomic mass is 16.6. The van der Waals surface area contributed by atoms with Crippen molar-refractivity contribution < 1.29 is 23.8 Å². The molecule has 222 valence electrons. The van der Waals surface area contributed by atoms with Crippen molar-refractivity contribution in [3.63, 3.8) is 0 Å². The SMILES string of the molecule is CCCCCCCCCCCCCCCCCCNC(=O)OC[C@H]1C[C@@H](COC(=O)NCc2ccccn2)O1. The minimum atomic E-state index is -0.502. The van der Waals surface area contributed by atoms with E-state index in [9.17, 15) is 9.59 Å². The van der Waals surface area contributed by atoms with Crippen LogP contribution in [0.1, 0.15) is 122 Å². The molecule has 0 unspecified atom stereocenters. The zero-order valence-corrected chi connectivity index (χ0v) is 24.3.